The Bertz CT molecular complexity index is 572. The molecule has 0 atom stereocenters. The lowest BCUT2D eigenvalue weighted by molar-refractivity contribution is 0.0602. The molecule has 0 aliphatic rings. The van der Waals surface area contributed by atoms with Gasteiger partial charge < -0.3 is 9.72 Å². The van der Waals surface area contributed by atoms with Gasteiger partial charge in [0.2, 0.25) is 0 Å². The minimum atomic E-state index is -0.450. The van der Waals surface area contributed by atoms with Crippen LogP contribution in [0, 0.1) is 19.7 Å². The molecular weight excluding hydrogens is 209 g/mol. The third kappa shape index (κ3) is 1.46. The van der Waals surface area contributed by atoms with Crippen LogP contribution < -0.4 is 0 Å². The van der Waals surface area contributed by atoms with Gasteiger partial charge in [0.1, 0.15) is 5.82 Å². The Hall–Kier alpha value is -1.84. The van der Waals surface area contributed by atoms with Crippen LogP contribution in [0.5, 0.6) is 0 Å². The van der Waals surface area contributed by atoms with Crippen molar-refractivity contribution in [1.82, 2.24) is 4.98 Å². The first-order valence-corrected chi connectivity index (χ1v) is 4.91. The van der Waals surface area contributed by atoms with Crippen LogP contribution >= 0.6 is 0 Å². The molecule has 84 valence electrons. The molecule has 1 N–H and O–H groups in total. The number of aromatic nitrogens is 1. The number of rotatable bonds is 1. The summed E-state index contributed by atoms with van der Waals surface area (Å²) in [5.41, 5.74) is 2.64. The molecule has 0 saturated carbocycles. The fourth-order valence-corrected chi connectivity index (χ4v) is 1.92. The Morgan fingerprint density at radius 1 is 1.38 bits per heavy atom. The first-order valence-electron chi connectivity index (χ1n) is 4.91. The van der Waals surface area contributed by atoms with E-state index in [2.05, 4.69) is 9.72 Å². The molecule has 0 amide bonds. The number of esters is 1. The second-order valence-corrected chi connectivity index (χ2v) is 3.76. The largest absolute Gasteiger partial charge is 0.465 e. The van der Waals surface area contributed by atoms with E-state index >= 15 is 0 Å². The van der Waals surface area contributed by atoms with Gasteiger partial charge in [-0.3, -0.25) is 0 Å². The minimum absolute atomic E-state index is 0.353. The van der Waals surface area contributed by atoms with Gasteiger partial charge in [0, 0.05) is 16.6 Å². The number of benzene rings is 1. The van der Waals surface area contributed by atoms with Crippen LogP contribution in [0.1, 0.15) is 21.6 Å². The second kappa shape index (κ2) is 3.63. The first kappa shape index (κ1) is 10.7. The van der Waals surface area contributed by atoms with Gasteiger partial charge in [0.05, 0.1) is 12.7 Å². The molecule has 1 aromatic heterocycles. The number of halogens is 1. The van der Waals surface area contributed by atoms with E-state index in [9.17, 15) is 9.18 Å². The summed E-state index contributed by atoms with van der Waals surface area (Å²) < 4.78 is 18.0. The van der Waals surface area contributed by atoms with Crippen LogP contribution in [-0.2, 0) is 4.74 Å². The number of fused-ring (bicyclic) bond motifs is 1. The average Bonchev–Trinajstić information content (AvgIpc) is 2.54. The lowest BCUT2D eigenvalue weighted by atomic mass is 10.1. The van der Waals surface area contributed by atoms with E-state index in [0.29, 0.717) is 16.6 Å². The SMILES string of the molecule is COC(=O)c1c(C)[nH]c2c(C)cc(F)cc12. The molecule has 16 heavy (non-hydrogen) atoms. The van der Waals surface area contributed by atoms with E-state index in [1.54, 1.807) is 13.8 Å². The molecule has 2 aromatic rings. The number of methoxy groups -OCH3 is 1. The third-order valence-corrected chi connectivity index (χ3v) is 2.65. The predicted octanol–water partition coefficient (Wildman–Crippen LogP) is 2.71. The molecule has 4 heteroatoms. The Balaban J connectivity index is 2.83. The smallest absolute Gasteiger partial charge is 0.340 e. The summed E-state index contributed by atoms with van der Waals surface area (Å²) in [6.45, 7) is 3.56. The number of aromatic amines is 1. The van der Waals surface area contributed by atoms with Gasteiger partial charge in [-0.25, -0.2) is 9.18 Å². The van der Waals surface area contributed by atoms with Gasteiger partial charge in [-0.05, 0) is 31.5 Å². The summed E-state index contributed by atoms with van der Waals surface area (Å²) in [6.07, 6.45) is 0. The maximum Gasteiger partial charge on any atom is 0.340 e. The molecular formula is C12H12FNO2. The summed E-state index contributed by atoms with van der Waals surface area (Å²) in [5.74, 6) is -0.803. The molecule has 3 nitrogen and oxygen atoms in total. The van der Waals surface area contributed by atoms with Crippen LogP contribution in [0.2, 0.25) is 0 Å². The zero-order chi connectivity index (χ0) is 11.9. The van der Waals surface area contributed by atoms with Gasteiger partial charge in [-0.15, -0.1) is 0 Å². The van der Waals surface area contributed by atoms with E-state index in [4.69, 9.17) is 0 Å². The van der Waals surface area contributed by atoms with Crippen molar-refractivity contribution in [3.63, 3.8) is 0 Å². The topological polar surface area (TPSA) is 42.1 Å². The van der Waals surface area contributed by atoms with Crippen LogP contribution in [0.4, 0.5) is 4.39 Å². The summed E-state index contributed by atoms with van der Waals surface area (Å²) in [5, 5.41) is 0.571. The molecule has 1 aromatic carbocycles. The number of aryl methyl sites for hydroxylation is 2. The second-order valence-electron chi connectivity index (χ2n) is 3.76. The lowest BCUT2D eigenvalue weighted by Crippen LogP contribution is -2.02. The summed E-state index contributed by atoms with van der Waals surface area (Å²) in [6, 6.07) is 2.78. The van der Waals surface area contributed by atoms with Crippen LogP contribution in [0.25, 0.3) is 10.9 Å². The first-order chi connectivity index (χ1) is 7.54. The zero-order valence-corrected chi connectivity index (χ0v) is 9.35. The van der Waals surface area contributed by atoms with Gasteiger partial charge in [-0.2, -0.15) is 0 Å². The third-order valence-electron chi connectivity index (χ3n) is 2.65. The van der Waals surface area contributed by atoms with Crippen molar-refractivity contribution in [2.45, 2.75) is 13.8 Å². The highest BCUT2D eigenvalue weighted by molar-refractivity contribution is 6.06. The Morgan fingerprint density at radius 2 is 2.06 bits per heavy atom. The molecule has 0 radical (unpaired) electrons. The molecule has 1 heterocycles. The number of carbonyl (C=O) groups is 1. The number of hydrogen-bond acceptors (Lipinski definition) is 2. The number of nitrogens with one attached hydrogen (secondary N) is 1. The summed E-state index contributed by atoms with van der Waals surface area (Å²) >= 11 is 0. The molecule has 0 spiro atoms. The molecule has 0 saturated heterocycles. The monoisotopic (exact) mass is 221 g/mol. The molecule has 0 bridgehead atoms. The van der Waals surface area contributed by atoms with Crippen molar-refractivity contribution < 1.29 is 13.9 Å². The van der Waals surface area contributed by atoms with E-state index in [-0.39, 0.29) is 5.82 Å². The molecule has 0 fully saturated rings. The van der Waals surface area contributed by atoms with Gasteiger partial charge >= 0.3 is 5.97 Å². The van der Waals surface area contributed by atoms with Crippen LogP contribution in [-0.4, -0.2) is 18.1 Å². The van der Waals surface area contributed by atoms with Crippen molar-refractivity contribution in [3.8, 4) is 0 Å². The number of H-pyrrole nitrogens is 1. The summed E-state index contributed by atoms with van der Waals surface area (Å²) in [7, 11) is 1.31. The van der Waals surface area contributed by atoms with Gasteiger partial charge in [0.15, 0.2) is 0 Å². The number of carbonyl (C=O) groups excluding carboxylic acids is 1. The Morgan fingerprint density at radius 3 is 2.69 bits per heavy atom. The zero-order valence-electron chi connectivity index (χ0n) is 9.35. The molecule has 0 unspecified atom stereocenters. The fraction of sp³-hybridized carbons (Fsp3) is 0.250. The van der Waals surface area contributed by atoms with Crippen molar-refractivity contribution in [2.24, 2.45) is 0 Å². The standard InChI is InChI=1S/C12H12FNO2/c1-6-4-8(13)5-9-10(12(15)16-3)7(2)14-11(6)9/h4-5,14H,1-3H3. The Kier molecular flexibility index (Phi) is 2.42. The maximum absolute atomic E-state index is 13.3. The highest BCUT2D eigenvalue weighted by Crippen LogP contribution is 2.26. The van der Waals surface area contributed by atoms with E-state index in [0.717, 1.165) is 11.1 Å². The average molecular weight is 221 g/mol. The van der Waals surface area contributed by atoms with E-state index in [1.807, 2.05) is 0 Å². The number of ether oxygens (including phenoxy) is 1. The fourth-order valence-electron chi connectivity index (χ4n) is 1.92. The predicted molar refractivity (Wildman–Crippen MR) is 59.1 cm³/mol. The molecule has 0 aliphatic carbocycles. The van der Waals surface area contributed by atoms with Crippen molar-refractivity contribution in [3.05, 3.63) is 34.8 Å². The quantitative estimate of drug-likeness (QED) is 0.752. The molecule has 0 aliphatic heterocycles. The maximum atomic E-state index is 13.3. The number of hydrogen-bond donors (Lipinski definition) is 1. The van der Waals surface area contributed by atoms with Crippen LogP contribution in [0.3, 0.4) is 0 Å². The molecule has 2 rings (SSSR count). The van der Waals surface area contributed by atoms with Crippen molar-refractivity contribution in [2.75, 3.05) is 7.11 Å². The van der Waals surface area contributed by atoms with Gasteiger partial charge in [0.25, 0.3) is 0 Å². The van der Waals surface area contributed by atoms with Crippen LogP contribution in [0.15, 0.2) is 12.1 Å². The van der Waals surface area contributed by atoms with E-state index < -0.39 is 5.97 Å². The summed E-state index contributed by atoms with van der Waals surface area (Å²) in [4.78, 5) is 14.6. The highest BCUT2D eigenvalue weighted by atomic mass is 19.1. The highest BCUT2D eigenvalue weighted by Gasteiger charge is 2.18. The lowest BCUT2D eigenvalue weighted by Gasteiger charge is -1.99. The Labute approximate surface area is 92.2 Å². The normalized spacial score (nSPS) is 10.8. The van der Waals surface area contributed by atoms with Gasteiger partial charge in [-0.1, -0.05) is 0 Å². The minimum Gasteiger partial charge on any atom is -0.465 e. The van der Waals surface area contributed by atoms with Crippen molar-refractivity contribution >= 4 is 16.9 Å². The van der Waals surface area contributed by atoms with Crippen molar-refractivity contribution in [1.29, 1.82) is 0 Å². The van der Waals surface area contributed by atoms with E-state index in [1.165, 1.54) is 19.2 Å².